The summed E-state index contributed by atoms with van der Waals surface area (Å²) in [6, 6.07) is 16.1. The smallest absolute Gasteiger partial charge is 0.253 e. The van der Waals surface area contributed by atoms with Crippen LogP contribution in [0.4, 0.5) is 0 Å². The zero-order chi connectivity index (χ0) is 18.1. The largest absolute Gasteiger partial charge is 0.486 e. The number of hydrogen-bond donors (Lipinski definition) is 0. The van der Waals surface area contributed by atoms with Crippen LogP contribution in [-0.4, -0.2) is 35.3 Å². The van der Waals surface area contributed by atoms with Crippen molar-refractivity contribution >= 4 is 11.7 Å². The summed E-state index contributed by atoms with van der Waals surface area (Å²) in [5.74, 6) is 0.665. The van der Waals surface area contributed by atoms with E-state index in [1.165, 1.54) is 0 Å². The predicted octanol–water partition coefficient (Wildman–Crippen LogP) is 3.20. The second-order valence-corrected chi connectivity index (χ2v) is 6.87. The molecule has 1 spiro atoms. The third-order valence-corrected chi connectivity index (χ3v) is 5.20. The van der Waals surface area contributed by atoms with Crippen LogP contribution in [0.15, 0.2) is 48.5 Å². The summed E-state index contributed by atoms with van der Waals surface area (Å²) in [6.45, 7) is 1.07. The second-order valence-electron chi connectivity index (χ2n) is 6.87. The molecule has 0 saturated carbocycles. The molecule has 0 N–H and O–H groups in total. The van der Waals surface area contributed by atoms with Gasteiger partial charge < -0.3 is 9.64 Å². The Hall–Kier alpha value is -3.13. The van der Waals surface area contributed by atoms with E-state index in [-0.39, 0.29) is 11.7 Å². The summed E-state index contributed by atoms with van der Waals surface area (Å²) >= 11 is 0. The minimum Gasteiger partial charge on any atom is -0.486 e. The molecule has 2 aromatic rings. The van der Waals surface area contributed by atoms with Gasteiger partial charge in [-0.05, 0) is 30.3 Å². The minimum absolute atomic E-state index is 0.0838. The molecular weight excluding hydrogens is 328 g/mol. The van der Waals surface area contributed by atoms with Gasteiger partial charge in [0.15, 0.2) is 5.78 Å². The first-order chi connectivity index (χ1) is 12.6. The molecule has 1 saturated heterocycles. The number of amides is 1. The Morgan fingerprint density at radius 3 is 2.65 bits per heavy atom. The number of carbonyl (C=O) groups is 2. The van der Waals surface area contributed by atoms with E-state index >= 15 is 0 Å². The molecule has 5 nitrogen and oxygen atoms in total. The van der Waals surface area contributed by atoms with Crippen LogP contribution in [0.3, 0.4) is 0 Å². The number of para-hydroxylation sites is 1. The van der Waals surface area contributed by atoms with Crippen molar-refractivity contribution in [3.63, 3.8) is 0 Å². The number of ether oxygens (including phenoxy) is 1. The Kier molecular flexibility index (Phi) is 3.96. The third-order valence-electron chi connectivity index (χ3n) is 5.20. The monoisotopic (exact) mass is 346 g/mol. The van der Waals surface area contributed by atoms with Crippen LogP contribution in [0.2, 0.25) is 0 Å². The van der Waals surface area contributed by atoms with E-state index in [1.54, 1.807) is 35.2 Å². The van der Waals surface area contributed by atoms with Crippen molar-refractivity contribution in [1.82, 2.24) is 4.90 Å². The SMILES string of the molecule is N#Cc1cccc(C(=O)N2CCC3(CC2)CC(=O)c2ccccc2O3)c1. The highest BCUT2D eigenvalue weighted by Crippen LogP contribution is 2.39. The standard InChI is InChI=1S/C21H18N2O3/c22-14-15-4-3-5-16(12-15)20(25)23-10-8-21(9-11-23)13-18(24)17-6-1-2-7-19(17)26-21/h1-7,12H,8-11,13H2. The average Bonchev–Trinajstić information content (AvgIpc) is 2.68. The number of fused-ring (bicyclic) bond motifs is 1. The molecule has 2 heterocycles. The lowest BCUT2D eigenvalue weighted by Gasteiger charge is -2.44. The van der Waals surface area contributed by atoms with Crippen molar-refractivity contribution in [1.29, 1.82) is 5.26 Å². The number of piperidine rings is 1. The highest BCUT2D eigenvalue weighted by Gasteiger charge is 2.43. The Morgan fingerprint density at radius 1 is 1.12 bits per heavy atom. The van der Waals surface area contributed by atoms with Crippen molar-refractivity contribution in [2.24, 2.45) is 0 Å². The molecule has 26 heavy (non-hydrogen) atoms. The molecule has 0 bridgehead atoms. The summed E-state index contributed by atoms with van der Waals surface area (Å²) < 4.78 is 6.20. The number of likely N-dealkylation sites (tertiary alicyclic amines) is 1. The molecule has 2 aliphatic heterocycles. The van der Waals surface area contributed by atoms with Crippen LogP contribution >= 0.6 is 0 Å². The highest BCUT2D eigenvalue weighted by molar-refractivity contribution is 6.00. The van der Waals surface area contributed by atoms with Gasteiger partial charge >= 0.3 is 0 Å². The van der Waals surface area contributed by atoms with E-state index in [2.05, 4.69) is 6.07 Å². The maximum atomic E-state index is 12.7. The Balaban J connectivity index is 1.48. The average molecular weight is 346 g/mol. The number of nitriles is 1. The van der Waals surface area contributed by atoms with Crippen LogP contribution in [0.5, 0.6) is 5.75 Å². The molecule has 4 rings (SSSR count). The predicted molar refractivity (Wildman–Crippen MR) is 95.0 cm³/mol. The molecule has 1 amide bonds. The first-order valence-electron chi connectivity index (χ1n) is 8.71. The van der Waals surface area contributed by atoms with E-state index in [1.807, 2.05) is 18.2 Å². The molecule has 2 aromatic carbocycles. The van der Waals surface area contributed by atoms with E-state index in [0.29, 0.717) is 54.8 Å². The van der Waals surface area contributed by atoms with E-state index in [9.17, 15) is 9.59 Å². The normalized spacial score (nSPS) is 18.0. The van der Waals surface area contributed by atoms with Crippen LogP contribution in [-0.2, 0) is 0 Å². The maximum absolute atomic E-state index is 12.7. The Morgan fingerprint density at radius 2 is 1.88 bits per heavy atom. The summed E-state index contributed by atoms with van der Waals surface area (Å²) in [7, 11) is 0. The fourth-order valence-corrected chi connectivity index (χ4v) is 3.74. The molecule has 0 aromatic heterocycles. The van der Waals surface area contributed by atoms with Crippen LogP contribution in [0, 0.1) is 11.3 Å². The summed E-state index contributed by atoms with van der Waals surface area (Å²) in [6.07, 6.45) is 1.60. The molecule has 2 aliphatic rings. The van der Waals surface area contributed by atoms with E-state index in [4.69, 9.17) is 10.00 Å². The highest BCUT2D eigenvalue weighted by atomic mass is 16.5. The summed E-state index contributed by atoms with van der Waals surface area (Å²) in [5, 5.41) is 9.00. The van der Waals surface area contributed by atoms with Crippen LogP contribution in [0.25, 0.3) is 0 Å². The lowest BCUT2D eigenvalue weighted by molar-refractivity contribution is -0.00570. The zero-order valence-corrected chi connectivity index (χ0v) is 14.3. The van der Waals surface area contributed by atoms with Crippen molar-refractivity contribution in [2.45, 2.75) is 24.9 Å². The van der Waals surface area contributed by atoms with Gasteiger partial charge in [0.25, 0.3) is 5.91 Å². The fraction of sp³-hybridized carbons (Fsp3) is 0.286. The number of Topliss-reactive ketones (excluding diaryl/α,β-unsaturated/α-hetero) is 1. The van der Waals surface area contributed by atoms with Gasteiger partial charge in [0.05, 0.1) is 23.6 Å². The van der Waals surface area contributed by atoms with Crippen molar-refractivity contribution in [3.8, 4) is 11.8 Å². The van der Waals surface area contributed by atoms with Gasteiger partial charge in [-0.2, -0.15) is 5.26 Å². The molecule has 5 heteroatoms. The number of carbonyl (C=O) groups excluding carboxylic acids is 2. The molecule has 130 valence electrons. The van der Waals surface area contributed by atoms with Gasteiger partial charge in [-0.3, -0.25) is 9.59 Å². The van der Waals surface area contributed by atoms with Gasteiger partial charge in [0.1, 0.15) is 11.4 Å². The molecule has 0 aliphatic carbocycles. The number of benzene rings is 2. The molecule has 0 atom stereocenters. The number of nitrogens with zero attached hydrogens (tertiary/aromatic N) is 2. The fourth-order valence-electron chi connectivity index (χ4n) is 3.74. The van der Waals surface area contributed by atoms with Crippen molar-refractivity contribution < 1.29 is 14.3 Å². The van der Waals surface area contributed by atoms with Gasteiger partial charge in [-0.25, -0.2) is 0 Å². The van der Waals surface area contributed by atoms with Crippen molar-refractivity contribution in [2.75, 3.05) is 13.1 Å². The topological polar surface area (TPSA) is 70.4 Å². The molecule has 0 radical (unpaired) electrons. The van der Waals surface area contributed by atoms with E-state index < -0.39 is 5.60 Å². The Bertz CT molecular complexity index is 921. The zero-order valence-electron chi connectivity index (χ0n) is 14.3. The lowest BCUT2D eigenvalue weighted by Crippen LogP contribution is -2.52. The van der Waals surface area contributed by atoms with E-state index in [0.717, 1.165) is 0 Å². The van der Waals surface area contributed by atoms with Gasteiger partial charge in [-0.1, -0.05) is 18.2 Å². The number of ketones is 1. The third kappa shape index (κ3) is 2.84. The number of rotatable bonds is 1. The van der Waals surface area contributed by atoms with Gasteiger partial charge in [0, 0.05) is 31.5 Å². The number of hydrogen-bond acceptors (Lipinski definition) is 4. The van der Waals surface area contributed by atoms with Crippen LogP contribution in [0.1, 0.15) is 45.5 Å². The van der Waals surface area contributed by atoms with Gasteiger partial charge in [-0.15, -0.1) is 0 Å². The molecule has 0 unspecified atom stereocenters. The van der Waals surface area contributed by atoms with Gasteiger partial charge in [0.2, 0.25) is 0 Å². The van der Waals surface area contributed by atoms with Crippen molar-refractivity contribution in [3.05, 3.63) is 65.2 Å². The second kappa shape index (κ2) is 6.30. The Labute approximate surface area is 151 Å². The summed E-state index contributed by atoms with van der Waals surface area (Å²) in [5.41, 5.74) is 1.12. The maximum Gasteiger partial charge on any atom is 0.253 e. The summed E-state index contributed by atoms with van der Waals surface area (Å²) in [4.78, 5) is 27.0. The lowest BCUT2D eigenvalue weighted by atomic mass is 9.82. The minimum atomic E-state index is -0.517. The van der Waals surface area contributed by atoms with Crippen LogP contribution < -0.4 is 4.74 Å². The first kappa shape index (κ1) is 16.3. The molecule has 1 fully saturated rings. The molecular formula is C21H18N2O3. The first-order valence-corrected chi connectivity index (χ1v) is 8.71. The quantitative estimate of drug-likeness (QED) is 0.795.